The Hall–Kier alpha value is -1.94. The van der Waals surface area contributed by atoms with Gasteiger partial charge in [-0.1, -0.05) is 18.5 Å². The van der Waals surface area contributed by atoms with Crippen LogP contribution in [0.15, 0.2) is 28.7 Å². The van der Waals surface area contributed by atoms with E-state index in [9.17, 15) is 4.79 Å². The van der Waals surface area contributed by atoms with Gasteiger partial charge >= 0.3 is 0 Å². The van der Waals surface area contributed by atoms with E-state index in [1.165, 1.54) is 0 Å². The molecule has 1 aliphatic rings. The molecule has 0 spiro atoms. The van der Waals surface area contributed by atoms with Crippen LogP contribution in [0.4, 0.5) is 0 Å². The van der Waals surface area contributed by atoms with Gasteiger partial charge in [-0.2, -0.15) is 0 Å². The van der Waals surface area contributed by atoms with Gasteiger partial charge in [0.25, 0.3) is 0 Å². The molecular weight excluding hydrogens is 280 g/mol. The summed E-state index contributed by atoms with van der Waals surface area (Å²) in [6.07, 6.45) is 0.738. The van der Waals surface area contributed by atoms with Gasteiger partial charge in [0.2, 0.25) is 5.78 Å². The number of hydrogen-bond donors (Lipinski definition) is 0. The highest BCUT2D eigenvalue weighted by molar-refractivity contribution is 6.35. The molecule has 0 saturated carbocycles. The number of aryl methyl sites for hydroxylation is 1. The maximum atomic E-state index is 12.4. The molecule has 0 atom stereocenters. The fraction of sp³-hybridized carbons (Fsp3) is 0.267. The minimum absolute atomic E-state index is 0.258. The van der Waals surface area contributed by atoms with Crippen LogP contribution in [0.2, 0.25) is 5.02 Å². The molecule has 0 N–H and O–H groups in total. The maximum Gasteiger partial charge on any atom is 0.229 e. The average Bonchev–Trinajstić information content (AvgIpc) is 2.94. The predicted molar refractivity (Wildman–Crippen MR) is 74.0 cm³/mol. The highest BCUT2D eigenvalue weighted by atomic mass is 35.5. The summed E-state index contributed by atoms with van der Waals surface area (Å²) in [4.78, 5) is 12.4. The molecule has 5 heteroatoms. The zero-order valence-corrected chi connectivity index (χ0v) is 11.7. The SMILES string of the molecule is CCc1ccc(C(=O)c2cc3c(cc2Cl)OCCO3)o1. The molecule has 1 aromatic heterocycles. The van der Waals surface area contributed by atoms with E-state index in [4.69, 9.17) is 25.5 Å². The summed E-state index contributed by atoms with van der Waals surface area (Å²) < 4.78 is 16.4. The number of rotatable bonds is 3. The van der Waals surface area contributed by atoms with E-state index in [0.29, 0.717) is 35.3 Å². The number of furan rings is 1. The number of ketones is 1. The molecule has 1 aromatic carbocycles. The molecule has 2 aromatic rings. The Balaban J connectivity index is 1.98. The molecule has 2 heterocycles. The molecule has 0 saturated heterocycles. The van der Waals surface area contributed by atoms with Crippen molar-refractivity contribution in [2.45, 2.75) is 13.3 Å². The third-order valence-corrected chi connectivity index (χ3v) is 3.42. The van der Waals surface area contributed by atoms with Crippen LogP contribution in [0, 0.1) is 0 Å². The zero-order valence-electron chi connectivity index (χ0n) is 10.9. The normalized spacial score (nSPS) is 13.3. The second kappa shape index (κ2) is 5.21. The number of ether oxygens (including phenoxy) is 2. The van der Waals surface area contributed by atoms with E-state index >= 15 is 0 Å². The van der Waals surface area contributed by atoms with Gasteiger partial charge in [0.1, 0.15) is 19.0 Å². The molecule has 0 aliphatic carbocycles. The van der Waals surface area contributed by atoms with Crippen LogP contribution in [0.5, 0.6) is 11.5 Å². The van der Waals surface area contributed by atoms with Crippen molar-refractivity contribution in [3.8, 4) is 11.5 Å². The van der Waals surface area contributed by atoms with Crippen LogP contribution in [-0.4, -0.2) is 19.0 Å². The Kier molecular flexibility index (Phi) is 3.40. The van der Waals surface area contributed by atoms with Crippen LogP contribution in [0.1, 0.15) is 28.8 Å². The molecule has 0 amide bonds. The molecule has 104 valence electrons. The van der Waals surface area contributed by atoms with Crippen LogP contribution in [0.25, 0.3) is 0 Å². The molecule has 0 fully saturated rings. The summed E-state index contributed by atoms with van der Waals surface area (Å²) in [7, 11) is 0. The molecule has 0 radical (unpaired) electrons. The number of fused-ring (bicyclic) bond motifs is 1. The number of benzene rings is 1. The molecule has 4 nitrogen and oxygen atoms in total. The van der Waals surface area contributed by atoms with Gasteiger partial charge in [0, 0.05) is 18.1 Å². The van der Waals surface area contributed by atoms with Gasteiger partial charge in [-0.25, -0.2) is 0 Å². The van der Waals surface area contributed by atoms with E-state index < -0.39 is 0 Å². The minimum Gasteiger partial charge on any atom is -0.486 e. The summed E-state index contributed by atoms with van der Waals surface area (Å²) in [5, 5.41) is 0.327. The highest BCUT2D eigenvalue weighted by Gasteiger charge is 2.21. The summed E-state index contributed by atoms with van der Waals surface area (Å²) in [5.74, 6) is 1.88. The fourth-order valence-electron chi connectivity index (χ4n) is 2.06. The van der Waals surface area contributed by atoms with Crippen molar-refractivity contribution in [1.29, 1.82) is 0 Å². The third kappa shape index (κ3) is 2.27. The van der Waals surface area contributed by atoms with Crippen molar-refractivity contribution < 1.29 is 18.7 Å². The summed E-state index contributed by atoms with van der Waals surface area (Å²) >= 11 is 6.15. The second-order valence-corrected chi connectivity index (χ2v) is 4.83. The van der Waals surface area contributed by atoms with E-state index in [0.717, 1.165) is 12.2 Å². The molecule has 1 aliphatic heterocycles. The van der Waals surface area contributed by atoms with Crippen molar-refractivity contribution in [2.75, 3.05) is 13.2 Å². The van der Waals surface area contributed by atoms with Crippen LogP contribution in [-0.2, 0) is 6.42 Å². The second-order valence-electron chi connectivity index (χ2n) is 4.42. The summed E-state index contributed by atoms with van der Waals surface area (Å²) in [6.45, 7) is 2.90. The lowest BCUT2D eigenvalue weighted by molar-refractivity contribution is 0.101. The van der Waals surface area contributed by atoms with Gasteiger partial charge in [-0.3, -0.25) is 4.79 Å². The van der Waals surface area contributed by atoms with Gasteiger partial charge in [0.15, 0.2) is 17.3 Å². The monoisotopic (exact) mass is 292 g/mol. The molecule has 0 unspecified atom stereocenters. The molecule has 0 bridgehead atoms. The zero-order chi connectivity index (χ0) is 14.1. The molecule has 3 rings (SSSR count). The first-order valence-corrected chi connectivity index (χ1v) is 6.79. The lowest BCUT2D eigenvalue weighted by Gasteiger charge is -2.19. The Bertz CT molecular complexity index is 660. The smallest absolute Gasteiger partial charge is 0.229 e. The highest BCUT2D eigenvalue weighted by Crippen LogP contribution is 2.36. The van der Waals surface area contributed by atoms with Gasteiger partial charge in [-0.05, 0) is 18.2 Å². The lowest BCUT2D eigenvalue weighted by Crippen LogP contribution is -2.16. The first-order chi connectivity index (χ1) is 9.69. The van der Waals surface area contributed by atoms with Gasteiger partial charge in [-0.15, -0.1) is 0 Å². The lowest BCUT2D eigenvalue weighted by atomic mass is 10.1. The number of hydrogen-bond acceptors (Lipinski definition) is 4. The maximum absolute atomic E-state index is 12.4. The molecule has 20 heavy (non-hydrogen) atoms. The average molecular weight is 293 g/mol. The topological polar surface area (TPSA) is 48.7 Å². The Morgan fingerprint density at radius 2 is 1.90 bits per heavy atom. The van der Waals surface area contributed by atoms with Crippen LogP contribution >= 0.6 is 11.6 Å². The first-order valence-electron chi connectivity index (χ1n) is 6.41. The minimum atomic E-state index is -0.258. The number of halogens is 1. The first kappa shape index (κ1) is 13.1. The Labute approximate surface area is 121 Å². The molecular formula is C15H13ClO4. The quantitative estimate of drug-likeness (QED) is 0.813. The van der Waals surface area contributed by atoms with E-state index in [-0.39, 0.29) is 11.5 Å². The fourth-order valence-corrected chi connectivity index (χ4v) is 2.30. The van der Waals surface area contributed by atoms with Crippen LogP contribution in [0.3, 0.4) is 0 Å². The largest absolute Gasteiger partial charge is 0.486 e. The van der Waals surface area contributed by atoms with E-state index in [2.05, 4.69) is 0 Å². The standard InChI is InChI=1S/C15H13ClO4/c1-2-9-3-4-12(20-9)15(17)10-7-13-14(8-11(10)16)19-6-5-18-13/h3-4,7-8H,2,5-6H2,1H3. The summed E-state index contributed by atoms with van der Waals surface area (Å²) in [6, 6.07) is 6.66. The van der Waals surface area contributed by atoms with Crippen LogP contribution < -0.4 is 9.47 Å². The van der Waals surface area contributed by atoms with Crippen molar-refractivity contribution in [1.82, 2.24) is 0 Å². The third-order valence-electron chi connectivity index (χ3n) is 3.11. The number of carbonyl (C=O) groups is 1. The Morgan fingerprint density at radius 1 is 1.20 bits per heavy atom. The van der Waals surface area contributed by atoms with Crippen molar-refractivity contribution in [3.63, 3.8) is 0 Å². The van der Waals surface area contributed by atoms with Crippen molar-refractivity contribution in [2.24, 2.45) is 0 Å². The Morgan fingerprint density at radius 3 is 2.55 bits per heavy atom. The van der Waals surface area contributed by atoms with Gasteiger partial charge in [0.05, 0.1) is 5.02 Å². The van der Waals surface area contributed by atoms with E-state index in [1.54, 1.807) is 24.3 Å². The number of carbonyl (C=O) groups excluding carboxylic acids is 1. The predicted octanol–water partition coefficient (Wildman–Crippen LogP) is 3.50. The van der Waals surface area contributed by atoms with Crippen molar-refractivity contribution in [3.05, 3.63) is 46.4 Å². The van der Waals surface area contributed by atoms with Crippen molar-refractivity contribution >= 4 is 17.4 Å². The summed E-state index contributed by atoms with van der Waals surface area (Å²) in [5.41, 5.74) is 0.355. The van der Waals surface area contributed by atoms with Gasteiger partial charge < -0.3 is 13.9 Å². The van der Waals surface area contributed by atoms with E-state index in [1.807, 2.05) is 6.92 Å².